The van der Waals surface area contributed by atoms with Crippen LogP contribution in [0.1, 0.15) is 335 Å². The molecule has 0 bridgehead atoms. The summed E-state index contributed by atoms with van der Waals surface area (Å²) in [6.07, 6.45) is 118. The largest absolute Gasteiger partial charge is 0.545 e. The number of likely N-dealkylation sites (N-methyl/N-ethyl adjacent to an activating group) is 1. The van der Waals surface area contributed by atoms with E-state index in [0.29, 0.717) is 17.4 Å². The predicted octanol–water partition coefficient (Wildman–Crippen LogP) is 25.6. The number of ether oxygens (including phenoxy) is 4. The van der Waals surface area contributed by atoms with Crippen LogP contribution in [0.25, 0.3) is 0 Å². The van der Waals surface area contributed by atoms with Crippen molar-refractivity contribution in [3.63, 3.8) is 0 Å². The molecule has 9 nitrogen and oxygen atoms in total. The summed E-state index contributed by atoms with van der Waals surface area (Å²) in [7, 11) is 5.92. The van der Waals surface area contributed by atoms with Crippen LogP contribution in [0.2, 0.25) is 0 Å². The number of allylic oxidation sites excluding steroid dienone is 28. The molecule has 0 amide bonds. The summed E-state index contributed by atoms with van der Waals surface area (Å²) in [5, 5.41) is 11.9. The number of carbonyl (C=O) groups is 3. The third-order valence-corrected chi connectivity index (χ3v) is 17.4. The fraction of sp³-hybridized carbons (Fsp3) is 0.663. The molecule has 0 aromatic rings. The summed E-state index contributed by atoms with van der Waals surface area (Å²) in [6, 6.07) is 0. The number of carboxylic acids is 1. The van der Waals surface area contributed by atoms with Crippen molar-refractivity contribution in [3.8, 4) is 0 Å². The van der Waals surface area contributed by atoms with Crippen molar-refractivity contribution in [2.24, 2.45) is 0 Å². The van der Waals surface area contributed by atoms with Crippen molar-refractivity contribution in [3.05, 3.63) is 170 Å². The number of carbonyl (C=O) groups excluding carboxylic acids is 3. The molecule has 2 atom stereocenters. The number of rotatable bonds is 75. The minimum atomic E-state index is -1.64. The monoisotopic (exact) mass is 1400 g/mol. The minimum absolute atomic E-state index is 0.132. The van der Waals surface area contributed by atoms with E-state index in [2.05, 4.69) is 184 Å². The Hall–Kier alpha value is -5.35. The first-order chi connectivity index (χ1) is 49.6. The lowest BCUT2D eigenvalue weighted by Crippen LogP contribution is -2.44. The Morgan fingerprint density at radius 1 is 0.307 bits per heavy atom. The fourth-order valence-electron chi connectivity index (χ4n) is 11.2. The van der Waals surface area contributed by atoms with E-state index in [1.54, 1.807) is 0 Å². The molecule has 0 N–H and O–H groups in total. The predicted molar refractivity (Wildman–Crippen MR) is 435 cm³/mol. The molecule has 0 aliphatic rings. The van der Waals surface area contributed by atoms with Gasteiger partial charge in [0.15, 0.2) is 12.4 Å². The van der Waals surface area contributed by atoms with Crippen LogP contribution < -0.4 is 5.11 Å². The summed E-state index contributed by atoms with van der Waals surface area (Å²) >= 11 is 0. The summed E-state index contributed by atoms with van der Waals surface area (Å²) in [4.78, 5) is 37.6. The van der Waals surface area contributed by atoms with Crippen LogP contribution in [0.4, 0.5) is 0 Å². The minimum Gasteiger partial charge on any atom is -0.545 e. The van der Waals surface area contributed by atoms with E-state index < -0.39 is 24.3 Å². The van der Waals surface area contributed by atoms with Gasteiger partial charge in [0.2, 0.25) is 0 Å². The number of hydrogen-bond acceptors (Lipinski definition) is 8. The molecule has 0 rings (SSSR count). The SMILES string of the molecule is CC/C=C\C/C=C\C/C=C\C/C=C\C/C=C\C/C=C\C/C=C\C/C=C\C/C=C\C/C=C\C/C=C\C/C=C\CCCCC(=O)OC(COC(=O)CCCCCCCCCCCCCCCCCCCCCCCCCCC/C=C\C/C=C\CCCCCCC)COC(OCC[N+](C)(C)C)C(=O)[O-]. The summed E-state index contributed by atoms with van der Waals surface area (Å²) in [5.74, 6) is -2.35. The number of carboxylic acid groups (broad SMARTS) is 1. The third-order valence-electron chi connectivity index (χ3n) is 17.4. The van der Waals surface area contributed by atoms with E-state index >= 15 is 0 Å². The Balaban J connectivity index is 4.13. The lowest BCUT2D eigenvalue weighted by Gasteiger charge is -2.26. The van der Waals surface area contributed by atoms with Crippen molar-refractivity contribution in [2.45, 2.75) is 347 Å². The van der Waals surface area contributed by atoms with Crippen LogP contribution in [0.15, 0.2) is 170 Å². The topological polar surface area (TPSA) is 111 Å². The second-order valence-electron chi connectivity index (χ2n) is 28.3. The van der Waals surface area contributed by atoms with Gasteiger partial charge in [-0.2, -0.15) is 0 Å². The first kappa shape index (κ1) is 95.6. The molecule has 9 heteroatoms. The van der Waals surface area contributed by atoms with Crippen LogP contribution in [0, 0.1) is 0 Å². The zero-order valence-corrected chi connectivity index (χ0v) is 65.7. The van der Waals surface area contributed by atoms with Crippen molar-refractivity contribution >= 4 is 17.9 Å². The summed E-state index contributed by atoms with van der Waals surface area (Å²) in [6.45, 7) is 4.59. The molecule has 2 unspecified atom stereocenters. The Morgan fingerprint density at radius 3 is 0.861 bits per heavy atom. The van der Waals surface area contributed by atoms with Crippen LogP contribution in [-0.4, -0.2) is 82.3 Å². The standard InChI is InChI=1S/C92H153NO8/c1-6-8-10-12-14-16-18-20-22-24-26-28-30-32-34-36-38-40-42-44-45-47-49-51-53-55-57-59-61-63-65-67-69-71-73-75-77-79-81-83-90(95)101-88(87-100-92(91(96)97)98-85-84-93(3,4)5)86-99-89(94)82-80-78-76-74-72-70-68-66-64-62-60-58-56-54-52-50-48-46-43-41-39-37-35-33-31-29-27-25-23-21-19-17-15-13-11-9-7-2/h8,10,14,16,19-22,25-28,32,34,38,40,44-45,49,51,55,57,61,63,67,69,73,75,88,92H,6-7,9,11-13,15,17-18,23-24,29-31,33,35-37,39,41-43,46-48,50,52-54,56,58-60,62,64-66,68,70-72,74,76-87H2,1-5H3/b10-8-,16-14-,21-19-,22-20-,27-25-,28-26-,34-32-,40-38-,45-44-,51-49-,57-55-,63-61-,69-67-,75-73-. The number of aliphatic carboxylic acids is 1. The molecule has 0 aromatic heterocycles. The van der Waals surface area contributed by atoms with Crippen molar-refractivity contribution < 1.29 is 42.9 Å². The zero-order valence-electron chi connectivity index (χ0n) is 65.7. The van der Waals surface area contributed by atoms with E-state index in [9.17, 15) is 19.5 Å². The van der Waals surface area contributed by atoms with Crippen molar-refractivity contribution in [1.82, 2.24) is 0 Å². The van der Waals surface area contributed by atoms with Crippen LogP contribution in [-0.2, 0) is 33.3 Å². The van der Waals surface area contributed by atoms with Crippen LogP contribution >= 0.6 is 0 Å². The van der Waals surface area contributed by atoms with Gasteiger partial charge in [0.1, 0.15) is 13.2 Å². The molecular weight excluding hydrogens is 1250 g/mol. The maximum Gasteiger partial charge on any atom is 0.306 e. The first-order valence-electron chi connectivity index (χ1n) is 41.3. The van der Waals surface area contributed by atoms with Gasteiger partial charge in [0, 0.05) is 12.8 Å². The van der Waals surface area contributed by atoms with Gasteiger partial charge in [-0.25, -0.2) is 0 Å². The Bertz CT molecular complexity index is 2280. The van der Waals surface area contributed by atoms with Gasteiger partial charge in [0.25, 0.3) is 0 Å². The second-order valence-corrected chi connectivity index (χ2v) is 28.3. The van der Waals surface area contributed by atoms with Gasteiger partial charge in [0.05, 0.1) is 40.3 Å². The van der Waals surface area contributed by atoms with Gasteiger partial charge in [-0.3, -0.25) is 9.59 Å². The van der Waals surface area contributed by atoms with Gasteiger partial charge in [-0.05, 0) is 135 Å². The number of unbranched alkanes of at least 4 members (excludes halogenated alkanes) is 32. The summed E-state index contributed by atoms with van der Waals surface area (Å²) in [5.41, 5.74) is 0. The van der Waals surface area contributed by atoms with E-state index in [0.717, 1.165) is 116 Å². The van der Waals surface area contributed by atoms with Gasteiger partial charge in [-0.1, -0.05) is 357 Å². The molecule has 0 radical (unpaired) electrons. The molecule has 0 aliphatic carbocycles. The van der Waals surface area contributed by atoms with Gasteiger partial charge >= 0.3 is 11.9 Å². The molecule has 0 heterocycles. The van der Waals surface area contributed by atoms with E-state index in [1.807, 2.05) is 21.1 Å². The number of hydrogen-bond donors (Lipinski definition) is 0. The quantitative estimate of drug-likeness (QED) is 0.0195. The first-order valence-corrected chi connectivity index (χ1v) is 41.3. The zero-order chi connectivity index (χ0) is 73.2. The Labute approximate surface area is 622 Å². The van der Waals surface area contributed by atoms with Crippen LogP contribution in [0.5, 0.6) is 0 Å². The van der Waals surface area contributed by atoms with E-state index in [1.165, 1.54) is 186 Å². The normalized spacial score (nSPS) is 13.6. The number of esters is 2. The molecule has 574 valence electrons. The molecule has 0 aliphatic heterocycles. The molecule has 0 fully saturated rings. The maximum absolute atomic E-state index is 13.0. The molecule has 0 spiro atoms. The third kappa shape index (κ3) is 81.8. The lowest BCUT2D eigenvalue weighted by atomic mass is 10.0. The molecule has 0 aromatic carbocycles. The Morgan fingerprint density at radius 2 is 0.564 bits per heavy atom. The van der Waals surface area contributed by atoms with Gasteiger partial charge in [-0.15, -0.1) is 0 Å². The smallest absolute Gasteiger partial charge is 0.306 e. The Kier molecular flexibility index (Phi) is 76.1. The van der Waals surface area contributed by atoms with E-state index in [-0.39, 0.29) is 38.6 Å². The fourth-order valence-corrected chi connectivity index (χ4v) is 11.2. The van der Waals surface area contributed by atoms with Crippen molar-refractivity contribution in [2.75, 3.05) is 47.5 Å². The highest BCUT2D eigenvalue weighted by Crippen LogP contribution is 2.18. The van der Waals surface area contributed by atoms with Crippen LogP contribution in [0.3, 0.4) is 0 Å². The lowest BCUT2D eigenvalue weighted by molar-refractivity contribution is -0.870. The van der Waals surface area contributed by atoms with E-state index in [4.69, 9.17) is 18.9 Å². The number of nitrogens with zero attached hydrogens (tertiary/aromatic N) is 1. The molecule has 0 saturated carbocycles. The molecule has 0 saturated heterocycles. The highest BCUT2D eigenvalue weighted by molar-refractivity contribution is 5.70. The summed E-state index contributed by atoms with van der Waals surface area (Å²) < 4.78 is 22.8. The highest BCUT2D eigenvalue weighted by Gasteiger charge is 2.22. The average Bonchev–Trinajstić information content (AvgIpc) is 1.21. The van der Waals surface area contributed by atoms with Crippen molar-refractivity contribution in [1.29, 1.82) is 0 Å². The molecular formula is C92H153NO8. The van der Waals surface area contributed by atoms with Gasteiger partial charge < -0.3 is 33.3 Å². The number of quaternary nitrogens is 1. The maximum atomic E-state index is 13.0. The average molecular weight is 1400 g/mol. The molecule has 101 heavy (non-hydrogen) atoms. The highest BCUT2D eigenvalue weighted by atomic mass is 16.7. The second kappa shape index (κ2) is 80.3.